The Hall–Kier alpha value is -1.45. The highest BCUT2D eigenvalue weighted by molar-refractivity contribution is 5.76. The van der Waals surface area contributed by atoms with Crippen molar-refractivity contribution in [3.8, 4) is 0 Å². The van der Waals surface area contributed by atoms with E-state index in [9.17, 15) is 0 Å². The van der Waals surface area contributed by atoms with E-state index in [1.165, 1.54) is 32.1 Å². The van der Waals surface area contributed by atoms with Crippen LogP contribution in [-0.2, 0) is 0 Å². The maximum atomic E-state index is 4.63. The van der Waals surface area contributed by atoms with E-state index in [-0.39, 0.29) is 0 Å². The second-order valence-corrected chi connectivity index (χ2v) is 4.58. The number of rotatable bonds is 1. The van der Waals surface area contributed by atoms with Gasteiger partial charge in [-0.25, -0.2) is 14.6 Å². The molecule has 1 saturated carbocycles. The van der Waals surface area contributed by atoms with Crippen molar-refractivity contribution in [2.24, 2.45) is 0 Å². The van der Waals surface area contributed by atoms with Crippen LogP contribution in [0.2, 0.25) is 0 Å². The molecule has 0 atom stereocenters. The quantitative estimate of drug-likeness (QED) is 0.736. The van der Waals surface area contributed by atoms with Gasteiger partial charge in [0, 0.05) is 6.20 Å². The SMILES string of the molecule is Cc1nn(C2CCCCC2)c2ncncc12. The van der Waals surface area contributed by atoms with Crippen LogP contribution in [0.25, 0.3) is 11.0 Å². The van der Waals surface area contributed by atoms with Gasteiger partial charge in [-0.2, -0.15) is 5.10 Å². The fraction of sp³-hybridized carbons (Fsp3) is 0.583. The van der Waals surface area contributed by atoms with Gasteiger partial charge in [-0.05, 0) is 19.8 Å². The first-order chi connectivity index (χ1) is 7.86. The topological polar surface area (TPSA) is 43.6 Å². The highest BCUT2D eigenvalue weighted by atomic mass is 15.3. The van der Waals surface area contributed by atoms with Crippen LogP contribution in [0.1, 0.15) is 43.8 Å². The molecule has 0 unspecified atom stereocenters. The summed E-state index contributed by atoms with van der Waals surface area (Å²) in [5.41, 5.74) is 2.04. The van der Waals surface area contributed by atoms with Crippen molar-refractivity contribution >= 4 is 11.0 Å². The molecule has 2 heterocycles. The first-order valence-electron chi connectivity index (χ1n) is 6.01. The van der Waals surface area contributed by atoms with E-state index < -0.39 is 0 Å². The fourth-order valence-electron chi connectivity index (χ4n) is 2.60. The van der Waals surface area contributed by atoms with E-state index in [0.29, 0.717) is 6.04 Å². The largest absolute Gasteiger partial charge is 0.244 e. The second kappa shape index (κ2) is 3.85. The third-order valence-corrected chi connectivity index (χ3v) is 3.48. The molecule has 0 saturated heterocycles. The van der Waals surface area contributed by atoms with Crippen molar-refractivity contribution in [1.29, 1.82) is 0 Å². The standard InChI is InChI=1S/C12H16N4/c1-9-11-7-13-8-14-12(11)16(15-9)10-5-3-2-4-6-10/h7-8,10H,2-6H2,1H3. The molecule has 3 rings (SSSR count). The van der Waals surface area contributed by atoms with Crippen LogP contribution in [0, 0.1) is 6.92 Å². The minimum atomic E-state index is 0.542. The highest BCUT2D eigenvalue weighted by Crippen LogP contribution is 2.30. The Morgan fingerprint density at radius 3 is 2.88 bits per heavy atom. The zero-order valence-electron chi connectivity index (χ0n) is 9.56. The Morgan fingerprint density at radius 1 is 1.25 bits per heavy atom. The lowest BCUT2D eigenvalue weighted by molar-refractivity contribution is 0.335. The summed E-state index contributed by atoms with van der Waals surface area (Å²) < 4.78 is 2.12. The average molecular weight is 216 g/mol. The van der Waals surface area contributed by atoms with Crippen molar-refractivity contribution < 1.29 is 0 Å². The molecule has 0 spiro atoms. The molecule has 4 heteroatoms. The van der Waals surface area contributed by atoms with E-state index in [1.807, 2.05) is 13.1 Å². The second-order valence-electron chi connectivity index (χ2n) is 4.58. The normalized spacial score (nSPS) is 18.1. The van der Waals surface area contributed by atoms with E-state index in [4.69, 9.17) is 0 Å². The average Bonchev–Trinajstić information content (AvgIpc) is 2.69. The Labute approximate surface area is 94.7 Å². The summed E-state index contributed by atoms with van der Waals surface area (Å²) in [6, 6.07) is 0.542. The van der Waals surface area contributed by atoms with Crippen LogP contribution in [0.4, 0.5) is 0 Å². The Balaban J connectivity index is 2.08. The lowest BCUT2D eigenvalue weighted by Crippen LogP contribution is -2.14. The molecule has 2 aromatic rings. The summed E-state index contributed by atoms with van der Waals surface area (Å²) in [6.07, 6.45) is 9.95. The number of hydrogen-bond acceptors (Lipinski definition) is 3. The van der Waals surface area contributed by atoms with Crippen LogP contribution < -0.4 is 0 Å². The number of aromatic nitrogens is 4. The molecular weight excluding hydrogens is 200 g/mol. The van der Waals surface area contributed by atoms with E-state index in [0.717, 1.165) is 16.7 Å². The molecular formula is C12H16N4. The summed E-state index contributed by atoms with van der Waals surface area (Å²) in [5, 5.41) is 5.72. The summed E-state index contributed by atoms with van der Waals surface area (Å²) in [4.78, 5) is 8.43. The molecule has 4 nitrogen and oxygen atoms in total. The molecule has 0 N–H and O–H groups in total. The molecule has 0 amide bonds. The van der Waals surface area contributed by atoms with Crippen molar-refractivity contribution in [2.75, 3.05) is 0 Å². The van der Waals surface area contributed by atoms with Crippen molar-refractivity contribution in [1.82, 2.24) is 19.7 Å². The van der Waals surface area contributed by atoms with Gasteiger partial charge in [0.25, 0.3) is 0 Å². The number of fused-ring (bicyclic) bond motifs is 1. The first kappa shape index (κ1) is 9.75. The Kier molecular flexibility index (Phi) is 2.35. The van der Waals surface area contributed by atoms with Gasteiger partial charge in [-0.1, -0.05) is 19.3 Å². The van der Waals surface area contributed by atoms with Gasteiger partial charge in [-0.3, -0.25) is 0 Å². The van der Waals surface area contributed by atoms with Crippen LogP contribution in [-0.4, -0.2) is 19.7 Å². The fourth-order valence-corrected chi connectivity index (χ4v) is 2.60. The monoisotopic (exact) mass is 216 g/mol. The Morgan fingerprint density at radius 2 is 2.06 bits per heavy atom. The third-order valence-electron chi connectivity index (χ3n) is 3.48. The summed E-state index contributed by atoms with van der Waals surface area (Å²) in [5.74, 6) is 0. The third kappa shape index (κ3) is 1.49. The molecule has 16 heavy (non-hydrogen) atoms. The van der Waals surface area contributed by atoms with E-state index in [1.54, 1.807) is 6.33 Å². The molecule has 0 radical (unpaired) electrons. The lowest BCUT2D eigenvalue weighted by atomic mass is 9.96. The minimum absolute atomic E-state index is 0.542. The predicted molar refractivity (Wildman–Crippen MR) is 62.2 cm³/mol. The summed E-state index contributed by atoms with van der Waals surface area (Å²) >= 11 is 0. The molecule has 1 aliphatic rings. The van der Waals surface area contributed by atoms with Crippen molar-refractivity contribution in [3.63, 3.8) is 0 Å². The molecule has 84 valence electrons. The molecule has 0 bridgehead atoms. The molecule has 1 aliphatic carbocycles. The zero-order chi connectivity index (χ0) is 11.0. The van der Waals surface area contributed by atoms with Crippen molar-refractivity contribution in [2.45, 2.75) is 45.1 Å². The van der Waals surface area contributed by atoms with Gasteiger partial charge >= 0.3 is 0 Å². The van der Waals surface area contributed by atoms with Crippen LogP contribution >= 0.6 is 0 Å². The minimum Gasteiger partial charge on any atom is -0.244 e. The van der Waals surface area contributed by atoms with Gasteiger partial charge in [-0.15, -0.1) is 0 Å². The van der Waals surface area contributed by atoms with E-state index >= 15 is 0 Å². The van der Waals surface area contributed by atoms with Gasteiger partial charge in [0.15, 0.2) is 5.65 Å². The van der Waals surface area contributed by atoms with Gasteiger partial charge in [0.1, 0.15) is 6.33 Å². The van der Waals surface area contributed by atoms with Crippen LogP contribution in [0.3, 0.4) is 0 Å². The number of aryl methyl sites for hydroxylation is 1. The van der Waals surface area contributed by atoms with Gasteiger partial charge in [0.05, 0.1) is 17.1 Å². The van der Waals surface area contributed by atoms with Gasteiger partial charge in [0.2, 0.25) is 0 Å². The van der Waals surface area contributed by atoms with Crippen LogP contribution in [0.5, 0.6) is 0 Å². The zero-order valence-corrected chi connectivity index (χ0v) is 9.56. The predicted octanol–water partition coefficient (Wildman–Crippen LogP) is 2.64. The van der Waals surface area contributed by atoms with Gasteiger partial charge < -0.3 is 0 Å². The maximum absolute atomic E-state index is 4.63. The maximum Gasteiger partial charge on any atom is 0.161 e. The first-order valence-corrected chi connectivity index (χ1v) is 6.01. The summed E-state index contributed by atoms with van der Waals surface area (Å²) in [6.45, 7) is 2.03. The van der Waals surface area contributed by atoms with Crippen LogP contribution in [0.15, 0.2) is 12.5 Å². The molecule has 1 fully saturated rings. The lowest BCUT2D eigenvalue weighted by Gasteiger charge is -2.22. The smallest absolute Gasteiger partial charge is 0.161 e. The summed E-state index contributed by atoms with van der Waals surface area (Å²) in [7, 11) is 0. The Bertz CT molecular complexity index is 497. The number of hydrogen-bond donors (Lipinski definition) is 0. The number of nitrogens with zero attached hydrogens (tertiary/aromatic N) is 4. The molecule has 2 aromatic heterocycles. The highest BCUT2D eigenvalue weighted by Gasteiger charge is 2.19. The molecule has 0 aliphatic heterocycles. The molecule has 0 aromatic carbocycles. The van der Waals surface area contributed by atoms with E-state index in [2.05, 4.69) is 19.7 Å². The van der Waals surface area contributed by atoms with Crippen molar-refractivity contribution in [3.05, 3.63) is 18.2 Å².